The number of aliphatic imine (C=N–C) groups is 1. The lowest BCUT2D eigenvalue weighted by atomic mass is 10.1. The molecule has 1 aromatic heterocycles. The van der Waals surface area contributed by atoms with Gasteiger partial charge in [0.25, 0.3) is 0 Å². The highest BCUT2D eigenvalue weighted by Crippen LogP contribution is 2.15. The Bertz CT molecular complexity index is 729. The van der Waals surface area contributed by atoms with E-state index in [0.717, 1.165) is 35.3 Å². The first-order valence-electron chi connectivity index (χ1n) is 9.67. The van der Waals surface area contributed by atoms with E-state index in [-0.39, 0.29) is 24.0 Å². The maximum Gasteiger partial charge on any atom is 0.191 e. The Kier molecular flexibility index (Phi) is 11.0. The molecule has 2 aromatic rings. The Balaban J connectivity index is 0.00000392. The number of benzene rings is 1. The molecule has 0 spiro atoms. The first-order chi connectivity index (χ1) is 13.0. The maximum atomic E-state index is 5.79. The molecule has 1 aromatic carbocycles. The summed E-state index contributed by atoms with van der Waals surface area (Å²) in [7, 11) is 0. The van der Waals surface area contributed by atoms with E-state index in [1.54, 1.807) is 0 Å². The lowest BCUT2D eigenvalue weighted by Gasteiger charge is -2.11. The zero-order valence-electron chi connectivity index (χ0n) is 17.5. The van der Waals surface area contributed by atoms with E-state index in [2.05, 4.69) is 54.5 Å². The summed E-state index contributed by atoms with van der Waals surface area (Å²) >= 11 is 0. The third-order valence-electron chi connectivity index (χ3n) is 3.84. The lowest BCUT2D eigenvalue weighted by molar-refractivity contribution is 0.271. The van der Waals surface area contributed by atoms with Crippen LogP contribution in [-0.2, 0) is 13.1 Å². The molecule has 0 saturated heterocycles. The average molecular weight is 500 g/mol. The number of aromatic nitrogens is 1. The van der Waals surface area contributed by atoms with Gasteiger partial charge in [0, 0.05) is 12.6 Å². The highest BCUT2D eigenvalue weighted by Gasteiger charge is 2.08. The third-order valence-corrected chi connectivity index (χ3v) is 3.84. The Morgan fingerprint density at radius 2 is 1.96 bits per heavy atom. The minimum Gasteiger partial charge on any atom is -0.493 e. The molecule has 0 aliphatic heterocycles. The van der Waals surface area contributed by atoms with Gasteiger partial charge in [0.15, 0.2) is 11.7 Å². The van der Waals surface area contributed by atoms with Crippen LogP contribution in [0.25, 0.3) is 0 Å². The molecule has 0 unspecified atom stereocenters. The number of halogens is 1. The predicted molar refractivity (Wildman–Crippen MR) is 124 cm³/mol. The Hall–Kier alpha value is -1.77. The molecule has 0 saturated carbocycles. The van der Waals surface area contributed by atoms with Gasteiger partial charge in [0.1, 0.15) is 5.75 Å². The van der Waals surface area contributed by atoms with Crippen LogP contribution in [0.2, 0.25) is 0 Å². The first-order valence-corrected chi connectivity index (χ1v) is 9.67. The maximum absolute atomic E-state index is 5.79. The van der Waals surface area contributed by atoms with Gasteiger partial charge in [-0.3, -0.25) is 0 Å². The number of ether oxygens (including phenoxy) is 1. The minimum atomic E-state index is 0. The molecule has 6 nitrogen and oxygen atoms in total. The van der Waals surface area contributed by atoms with E-state index >= 15 is 0 Å². The number of nitrogens with zero attached hydrogens (tertiary/aromatic N) is 2. The summed E-state index contributed by atoms with van der Waals surface area (Å²) in [5.41, 5.74) is 2.07. The smallest absolute Gasteiger partial charge is 0.191 e. The monoisotopic (exact) mass is 500 g/mol. The minimum absolute atomic E-state index is 0. The SMILES string of the molecule is CCNC(=NCc1cccc(OCC(C)C)c1)NCc1cc(C(C)C)no1.I. The highest BCUT2D eigenvalue weighted by molar-refractivity contribution is 14.0. The molecule has 1 heterocycles. The van der Waals surface area contributed by atoms with Crippen LogP contribution < -0.4 is 15.4 Å². The molecule has 0 fully saturated rings. The van der Waals surface area contributed by atoms with Crippen molar-refractivity contribution in [3.8, 4) is 5.75 Å². The standard InChI is InChI=1S/C21H32N4O2.HI/c1-6-22-21(24-13-19-11-20(16(4)5)25-27-19)23-12-17-8-7-9-18(10-17)26-14-15(2)3;/h7-11,15-16H,6,12-14H2,1-5H3,(H2,22,23,24);1H. The van der Waals surface area contributed by atoms with Gasteiger partial charge in [-0.2, -0.15) is 0 Å². The van der Waals surface area contributed by atoms with Gasteiger partial charge >= 0.3 is 0 Å². The molecule has 0 radical (unpaired) electrons. The molecule has 156 valence electrons. The quantitative estimate of drug-likeness (QED) is 0.297. The second-order valence-electron chi connectivity index (χ2n) is 7.27. The fraction of sp³-hybridized carbons (Fsp3) is 0.524. The van der Waals surface area contributed by atoms with Gasteiger partial charge in [0.05, 0.1) is 25.4 Å². The van der Waals surface area contributed by atoms with E-state index in [4.69, 9.17) is 9.26 Å². The van der Waals surface area contributed by atoms with E-state index in [1.807, 2.05) is 31.2 Å². The normalized spacial score (nSPS) is 11.5. The molecule has 7 heteroatoms. The summed E-state index contributed by atoms with van der Waals surface area (Å²) in [6.45, 7) is 13.1. The van der Waals surface area contributed by atoms with Crippen molar-refractivity contribution >= 4 is 29.9 Å². The fourth-order valence-electron chi connectivity index (χ4n) is 2.36. The van der Waals surface area contributed by atoms with Crippen molar-refractivity contribution in [1.29, 1.82) is 0 Å². The second kappa shape index (κ2) is 12.6. The van der Waals surface area contributed by atoms with Crippen LogP contribution >= 0.6 is 24.0 Å². The zero-order chi connectivity index (χ0) is 19.6. The van der Waals surface area contributed by atoms with Crippen molar-refractivity contribution < 1.29 is 9.26 Å². The van der Waals surface area contributed by atoms with E-state index in [0.29, 0.717) is 31.5 Å². The van der Waals surface area contributed by atoms with Gasteiger partial charge in [-0.25, -0.2) is 4.99 Å². The summed E-state index contributed by atoms with van der Waals surface area (Å²) in [6.07, 6.45) is 0. The molecular weight excluding hydrogens is 467 g/mol. The first kappa shape index (κ1) is 24.3. The van der Waals surface area contributed by atoms with Crippen molar-refractivity contribution in [1.82, 2.24) is 15.8 Å². The van der Waals surface area contributed by atoms with E-state index in [9.17, 15) is 0 Å². The van der Waals surface area contributed by atoms with Crippen molar-refractivity contribution in [2.75, 3.05) is 13.2 Å². The van der Waals surface area contributed by atoms with Crippen LogP contribution in [0.1, 0.15) is 57.6 Å². The van der Waals surface area contributed by atoms with Crippen molar-refractivity contribution in [2.45, 2.75) is 53.6 Å². The Morgan fingerprint density at radius 3 is 2.61 bits per heavy atom. The summed E-state index contributed by atoms with van der Waals surface area (Å²) in [6, 6.07) is 10.1. The van der Waals surface area contributed by atoms with Crippen LogP contribution in [0.15, 0.2) is 39.8 Å². The number of hydrogen-bond acceptors (Lipinski definition) is 4. The van der Waals surface area contributed by atoms with Crippen LogP contribution in [0.3, 0.4) is 0 Å². The predicted octanol–water partition coefficient (Wildman–Crippen LogP) is 4.71. The van der Waals surface area contributed by atoms with Crippen molar-refractivity contribution in [3.05, 3.63) is 47.3 Å². The number of rotatable bonds is 9. The summed E-state index contributed by atoms with van der Waals surface area (Å²) < 4.78 is 11.2. The van der Waals surface area contributed by atoms with Gasteiger partial charge < -0.3 is 19.9 Å². The third kappa shape index (κ3) is 8.50. The highest BCUT2D eigenvalue weighted by atomic mass is 127. The summed E-state index contributed by atoms with van der Waals surface area (Å²) in [5.74, 6) is 3.29. The molecule has 0 aliphatic carbocycles. The molecule has 0 bridgehead atoms. The zero-order valence-corrected chi connectivity index (χ0v) is 19.8. The summed E-state index contributed by atoms with van der Waals surface area (Å²) in [4.78, 5) is 4.65. The molecule has 2 rings (SSSR count). The van der Waals surface area contributed by atoms with Crippen LogP contribution in [0.4, 0.5) is 0 Å². The van der Waals surface area contributed by atoms with Gasteiger partial charge in [-0.1, -0.05) is 45.0 Å². The van der Waals surface area contributed by atoms with Crippen molar-refractivity contribution in [2.24, 2.45) is 10.9 Å². The molecule has 0 amide bonds. The van der Waals surface area contributed by atoms with Gasteiger partial charge in [0.2, 0.25) is 0 Å². The van der Waals surface area contributed by atoms with E-state index in [1.165, 1.54) is 0 Å². The van der Waals surface area contributed by atoms with Gasteiger partial charge in [-0.05, 0) is 36.5 Å². The van der Waals surface area contributed by atoms with E-state index < -0.39 is 0 Å². The fourth-order valence-corrected chi connectivity index (χ4v) is 2.36. The lowest BCUT2D eigenvalue weighted by Crippen LogP contribution is -2.36. The van der Waals surface area contributed by atoms with Crippen LogP contribution in [0.5, 0.6) is 5.75 Å². The van der Waals surface area contributed by atoms with Crippen LogP contribution in [-0.4, -0.2) is 24.3 Å². The Labute approximate surface area is 185 Å². The summed E-state index contributed by atoms with van der Waals surface area (Å²) in [5, 5.41) is 10.6. The second-order valence-corrected chi connectivity index (χ2v) is 7.27. The number of nitrogens with one attached hydrogen (secondary N) is 2. The molecular formula is C21H33IN4O2. The number of guanidine groups is 1. The number of hydrogen-bond donors (Lipinski definition) is 2. The average Bonchev–Trinajstić information content (AvgIpc) is 3.12. The molecule has 0 atom stereocenters. The van der Waals surface area contributed by atoms with Crippen molar-refractivity contribution in [3.63, 3.8) is 0 Å². The van der Waals surface area contributed by atoms with Crippen LogP contribution in [0, 0.1) is 5.92 Å². The molecule has 2 N–H and O–H groups in total. The van der Waals surface area contributed by atoms with Gasteiger partial charge in [-0.15, -0.1) is 24.0 Å². The largest absolute Gasteiger partial charge is 0.493 e. The topological polar surface area (TPSA) is 71.7 Å². The Morgan fingerprint density at radius 1 is 1.18 bits per heavy atom. The molecule has 0 aliphatic rings. The molecule has 28 heavy (non-hydrogen) atoms.